The molecule has 0 spiro atoms. The summed E-state index contributed by atoms with van der Waals surface area (Å²) in [4.78, 5) is 23.6. The smallest absolute Gasteiger partial charge is 0.316 e. The lowest BCUT2D eigenvalue weighted by Crippen LogP contribution is -2.11. The Balaban J connectivity index is 2.51. The van der Waals surface area contributed by atoms with Crippen LogP contribution >= 0.6 is 0 Å². The molecule has 0 amide bonds. The molecule has 0 aliphatic rings. The fourth-order valence-corrected chi connectivity index (χ4v) is 1.40. The van der Waals surface area contributed by atoms with Crippen molar-refractivity contribution in [1.82, 2.24) is 4.98 Å². The van der Waals surface area contributed by atoms with E-state index in [0.717, 1.165) is 5.56 Å². The molecular weight excluding hydrogens is 208 g/mol. The first-order valence-corrected chi connectivity index (χ1v) is 4.61. The highest BCUT2D eigenvalue weighted by atomic mass is 16.6. The normalized spacial score (nSPS) is 10.0. The van der Waals surface area contributed by atoms with Crippen LogP contribution in [0.4, 0.5) is 5.69 Å². The van der Waals surface area contributed by atoms with Gasteiger partial charge in [-0.1, -0.05) is 30.3 Å². The van der Waals surface area contributed by atoms with Gasteiger partial charge in [0.15, 0.2) is 0 Å². The van der Waals surface area contributed by atoms with Crippen LogP contribution < -0.4 is 5.56 Å². The van der Waals surface area contributed by atoms with Gasteiger partial charge in [0.2, 0.25) is 0 Å². The number of H-pyrrole nitrogens is 1. The summed E-state index contributed by atoms with van der Waals surface area (Å²) >= 11 is 0. The van der Waals surface area contributed by atoms with Crippen molar-refractivity contribution >= 4 is 5.69 Å². The number of nitro groups is 1. The Morgan fingerprint density at radius 3 is 2.31 bits per heavy atom. The minimum Gasteiger partial charge on any atom is -0.316 e. The number of rotatable bonds is 2. The Bertz CT molecular complexity index is 575. The van der Waals surface area contributed by atoms with Gasteiger partial charge in [0.05, 0.1) is 4.92 Å². The van der Waals surface area contributed by atoms with Gasteiger partial charge >= 0.3 is 11.2 Å². The van der Waals surface area contributed by atoms with Crippen molar-refractivity contribution in [2.24, 2.45) is 0 Å². The van der Waals surface area contributed by atoms with Crippen LogP contribution in [-0.2, 0) is 0 Å². The number of hydrogen-bond donors (Lipinski definition) is 1. The van der Waals surface area contributed by atoms with Crippen LogP contribution in [0.2, 0.25) is 0 Å². The minimum absolute atomic E-state index is 0.445. The molecular formula is C11H8N2O3. The molecule has 80 valence electrons. The maximum Gasteiger partial charge on any atom is 0.333 e. The maximum absolute atomic E-state index is 11.4. The molecule has 5 heteroatoms. The van der Waals surface area contributed by atoms with E-state index in [4.69, 9.17) is 0 Å². The van der Waals surface area contributed by atoms with Crippen LogP contribution in [0.15, 0.2) is 47.3 Å². The van der Waals surface area contributed by atoms with Crippen LogP contribution in [0.5, 0.6) is 0 Å². The Kier molecular flexibility index (Phi) is 2.51. The summed E-state index contributed by atoms with van der Waals surface area (Å²) in [6.45, 7) is 0. The van der Waals surface area contributed by atoms with Crippen molar-refractivity contribution < 1.29 is 4.92 Å². The van der Waals surface area contributed by atoms with E-state index < -0.39 is 16.2 Å². The monoisotopic (exact) mass is 216 g/mol. The van der Waals surface area contributed by atoms with Gasteiger partial charge < -0.3 is 4.98 Å². The highest BCUT2D eigenvalue weighted by Gasteiger charge is 2.11. The highest BCUT2D eigenvalue weighted by Crippen LogP contribution is 2.16. The molecule has 0 atom stereocenters. The fraction of sp³-hybridized carbons (Fsp3) is 0. The van der Waals surface area contributed by atoms with Gasteiger partial charge in [-0.05, 0) is 11.6 Å². The third kappa shape index (κ3) is 1.83. The lowest BCUT2D eigenvalue weighted by molar-refractivity contribution is -0.386. The third-order valence-electron chi connectivity index (χ3n) is 2.17. The molecule has 2 aromatic rings. The lowest BCUT2D eigenvalue weighted by Gasteiger charge is -1.99. The van der Waals surface area contributed by atoms with E-state index in [9.17, 15) is 14.9 Å². The number of pyridine rings is 1. The summed E-state index contributed by atoms with van der Waals surface area (Å²) in [6.07, 6.45) is 0. The molecule has 5 nitrogen and oxygen atoms in total. The Morgan fingerprint density at radius 2 is 1.75 bits per heavy atom. The molecule has 1 aromatic heterocycles. The van der Waals surface area contributed by atoms with E-state index in [2.05, 4.69) is 4.98 Å². The number of hydrogen-bond acceptors (Lipinski definition) is 3. The lowest BCUT2D eigenvalue weighted by atomic mass is 10.1. The molecule has 1 N–H and O–H groups in total. The number of benzene rings is 1. The van der Waals surface area contributed by atoms with Crippen LogP contribution in [-0.4, -0.2) is 9.91 Å². The van der Waals surface area contributed by atoms with E-state index in [1.54, 1.807) is 0 Å². The third-order valence-corrected chi connectivity index (χ3v) is 2.17. The number of nitrogens with zero attached hydrogens (tertiary/aromatic N) is 1. The molecule has 1 heterocycles. The summed E-state index contributed by atoms with van der Waals surface area (Å²) < 4.78 is 0. The van der Waals surface area contributed by atoms with Gasteiger partial charge in [-0.15, -0.1) is 0 Å². The van der Waals surface area contributed by atoms with Gasteiger partial charge in [-0.2, -0.15) is 0 Å². The molecule has 0 radical (unpaired) electrons. The largest absolute Gasteiger partial charge is 0.333 e. The van der Waals surface area contributed by atoms with E-state index in [-0.39, 0.29) is 0 Å². The molecule has 2 rings (SSSR count). The average molecular weight is 216 g/mol. The van der Waals surface area contributed by atoms with Crippen LogP contribution in [0.3, 0.4) is 0 Å². The second-order valence-corrected chi connectivity index (χ2v) is 3.21. The van der Waals surface area contributed by atoms with E-state index >= 15 is 0 Å². The van der Waals surface area contributed by atoms with Crippen molar-refractivity contribution in [3.63, 3.8) is 0 Å². The molecule has 16 heavy (non-hydrogen) atoms. The Labute approximate surface area is 90.5 Å². The number of aromatic amines is 1. The van der Waals surface area contributed by atoms with Crippen molar-refractivity contribution in [2.75, 3.05) is 0 Å². The van der Waals surface area contributed by atoms with E-state index in [1.807, 2.05) is 30.3 Å². The second kappa shape index (κ2) is 3.98. The predicted octanol–water partition coefficient (Wildman–Crippen LogP) is 1.95. The predicted molar refractivity (Wildman–Crippen MR) is 59.2 cm³/mol. The first-order valence-electron chi connectivity index (χ1n) is 4.61. The van der Waals surface area contributed by atoms with Crippen LogP contribution in [0.1, 0.15) is 0 Å². The Hall–Kier alpha value is -2.43. The Morgan fingerprint density at radius 1 is 1.06 bits per heavy atom. The molecule has 0 aliphatic heterocycles. The van der Waals surface area contributed by atoms with Gasteiger partial charge in [0.1, 0.15) is 0 Å². The van der Waals surface area contributed by atoms with E-state index in [1.165, 1.54) is 12.1 Å². The molecule has 0 aliphatic carbocycles. The average Bonchev–Trinajstić information content (AvgIpc) is 2.29. The van der Waals surface area contributed by atoms with Crippen LogP contribution in [0.25, 0.3) is 11.3 Å². The summed E-state index contributed by atoms with van der Waals surface area (Å²) in [6, 6.07) is 11.9. The zero-order chi connectivity index (χ0) is 11.5. The standard InChI is InChI=1S/C11H8N2O3/c14-11-10(13(15)16)7-6-9(12-11)8-4-2-1-3-5-8/h1-7H,(H,12,14). The van der Waals surface area contributed by atoms with Gasteiger partial charge in [0.25, 0.3) is 0 Å². The highest BCUT2D eigenvalue weighted by molar-refractivity contribution is 5.59. The van der Waals surface area contributed by atoms with E-state index in [0.29, 0.717) is 5.69 Å². The first-order chi connectivity index (χ1) is 7.68. The molecule has 0 saturated carbocycles. The summed E-state index contributed by atoms with van der Waals surface area (Å²) in [5.41, 5.74) is 0.247. The van der Waals surface area contributed by atoms with Gasteiger partial charge in [0, 0.05) is 11.8 Å². The molecule has 0 bridgehead atoms. The van der Waals surface area contributed by atoms with Crippen LogP contribution in [0, 0.1) is 10.1 Å². The van der Waals surface area contributed by atoms with Crippen molar-refractivity contribution in [3.8, 4) is 11.3 Å². The zero-order valence-electron chi connectivity index (χ0n) is 8.21. The van der Waals surface area contributed by atoms with Gasteiger partial charge in [-0.25, -0.2) is 0 Å². The van der Waals surface area contributed by atoms with Crippen molar-refractivity contribution in [2.45, 2.75) is 0 Å². The SMILES string of the molecule is O=c1[nH]c(-c2ccccc2)ccc1[N+](=O)[O-]. The maximum atomic E-state index is 11.4. The summed E-state index contributed by atoms with van der Waals surface area (Å²) in [5.74, 6) is 0. The second-order valence-electron chi connectivity index (χ2n) is 3.21. The zero-order valence-corrected chi connectivity index (χ0v) is 8.21. The molecule has 0 saturated heterocycles. The van der Waals surface area contributed by atoms with Gasteiger partial charge in [-0.3, -0.25) is 14.9 Å². The quantitative estimate of drug-likeness (QED) is 0.615. The topological polar surface area (TPSA) is 76.0 Å². The molecule has 0 unspecified atom stereocenters. The first kappa shape index (κ1) is 10.1. The van der Waals surface area contributed by atoms with Crippen molar-refractivity contribution in [3.05, 3.63) is 62.9 Å². The number of aromatic nitrogens is 1. The fourth-order valence-electron chi connectivity index (χ4n) is 1.40. The number of nitrogens with one attached hydrogen (secondary N) is 1. The summed E-state index contributed by atoms with van der Waals surface area (Å²) in [5, 5.41) is 10.5. The summed E-state index contributed by atoms with van der Waals surface area (Å²) in [7, 11) is 0. The van der Waals surface area contributed by atoms with Crippen molar-refractivity contribution in [1.29, 1.82) is 0 Å². The minimum atomic E-state index is -0.701. The molecule has 0 fully saturated rings. The molecule has 1 aromatic carbocycles.